The fourth-order valence-electron chi connectivity index (χ4n) is 3.08. The van der Waals surface area contributed by atoms with Crippen molar-refractivity contribution in [3.8, 4) is 11.3 Å². The molecule has 1 aromatic heterocycles. The smallest absolute Gasteiger partial charge is 0.287 e. The van der Waals surface area contributed by atoms with Crippen LogP contribution in [0.25, 0.3) is 11.3 Å². The summed E-state index contributed by atoms with van der Waals surface area (Å²) in [5.41, 5.74) is 1.82. The standard InChI is InChI=1S/C20H16N2O4S/c23-20(21-16-11-12-27-19-4-2-1-3-15(16)19)18-10-9-17(26-18)13-5-7-14(8-6-13)22(24)25/h1-10,16H,11-12H2,(H,21,23). The summed E-state index contributed by atoms with van der Waals surface area (Å²) in [6.45, 7) is 0. The lowest BCUT2D eigenvalue weighted by Gasteiger charge is -2.25. The first-order valence-electron chi connectivity index (χ1n) is 8.49. The molecular weight excluding hydrogens is 364 g/mol. The van der Waals surface area contributed by atoms with Gasteiger partial charge < -0.3 is 9.73 Å². The molecule has 0 fully saturated rings. The van der Waals surface area contributed by atoms with Gasteiger partial charge in [0.15, 0.2) is 5.76 Å². The molecule has 6 nitrogen and oxygen atoms in total. The topological polar surface area (TPSA) is 85.4 Å². The van der Waals surface area contributed by atoms with Gasteiger partial charge in [-0.05, 0) is 42.3 Å². The number of amides is 1. The van der Waals surface area contributed by atoms with Crippen LogP contribution in [0.3, 0.4) is 0 Å². The molecule has 1 atom stereocenters. The minimum Gasteiger partial charge on any atom is -0.451 e. The number of hydrogen-bond acceptors (Lipinski definition) is 5. The molecule has 0 saturated heterocycles. The molecule has 1 amide bonds. The zero-order valence-electron chi connectivity index (χ0n) is 14.3. The number of furan rings is 1. The number of carbonyl (C=O) groups is 1. The number of nitro benzene ring substituents is 1. The number of non-ortho nitro benzene ring substituents is 1. The summed E-state index contributed by atoms with van der Waals surface area (Å²) >= 11 is 1.80. The highest BCUT2D eigenvalue weighted by Crippen LogP contribution is 2.36. The van der Waals surface area contributed by atoms with Crippen molar-refractivity contribution in [3.63, 3.8) is 0 Å². The highest BCUT2D eigenvalue weighted by molar-refractivity contribution is 7.99. The minimum atomic E-state index is -0.453. The van der Waals surface area contributed by atoms with E-state index in [9.17, 15) is 14.9 Å². The summed E-state index contributed by atoms with van der Waals surface area (Å²) in [5, 5.41) is 13.8. The zero-order valence-corrected chi connectivity index (χ0v) is 15.1. The molecule has 1 aliphatic heterocycles. The summed E-state index contributed by atoms with van der Waals surface area (Å²) in [6.07, 6.45) is 0.864. The predicted molar refractivity (Wildman–Crippen MR) is 103 cm³/mol. The van der Waals surface area contributed by atoms with Gasteiger partial charge in [-0.1, -0.05) is 18.2 Å². The molecule has 7 heteroatoms. The maximum atomic E-state index is 12.6. The number of benzene rings is 2. The van der Waals surface area contributed by atoms with E-state index in [1.54, 1.807) is 36.0 Å². The number of rotatable bonds is 4. The quantitative estimate of drug-likeness (QED) is 0.518. The number of thioether (sulfide) groups is 1. The highest BCUT2D eigenvalue weighted by Gasteiger charge is 2.23. The number of nitrogens with one attached hydrogen (secondary N) is 1. The minimum absolute atomic E-state index is 0.0112. The molecular formula is C20H16N2O4S. The van der Waals surface area contributed by atoms with Crippen LogP contribution < -0.4 is 5.32 Å². The van der Waals surface area contributed by atoms with Gasteiger partial charge in [-0.25, -0.2) is 0 Å². The van der Waals surface area contributed by atoms with Crippen molar-refractivity contribution in [2.45, 2.75) is 17.4 Å². The van der Waals surface area contributed by atoms with Crippen molar-refractivity contribution in [1.82, 2.24) is 5.32 Å². The molecule has 27 heavy (non-hydrogen) atoms. The molecule has 0 aliphatic carbocycles. The molecule has 136 valence electrons. The van der Waals surface area contributed by atoms with Crippen LogP contribution in [0.2, 0.25) is 0 Å². The second-order valence-corrected chi connectivity index (χ2v) is 7.31. The molecule has 1 aliphatic rings. The number of nitro groups is 1. The molecule has 2 aromatic carbocycles. The lowest BCUT2D eigenvalue weighted by atomic mass is 10.0. The summed E-state index contributed by atoms with van der Waals surface area (Å²) in [5.74, 6) is 1.40. The lowest BCUT2D eigenvalue weighted by Crippen LogP contribution is -2.30. The molecule has 0 bridgehead atoms. The second-order valence-electron chi connectivity index (χ2n) is 6.17. The molecule has 0 spiro atoms. The Labute approximate surface area is 159 Å². The third kappa shape index (κ3) is 3.59. The van der Waals surface area contributed by atoms with Gasteiger partial charge in [0.1, 0.15) is 5.76 Å². The van der Waals surface area contributed by atoms with Crippen LogP contribution in [0, 0.1) is 10.1 Å². The molecule has 0 radical (unpaired) electrons. The molecule has 2 heterocycles. The van der Waals surface area contributed by atoms with Crippen molar-refractivity contribution >= 4 is 23.4 Å². The van der Waals surface area contributed by atoms with E-state index in [1.165, 1.54) is 17.0 Å². The van der Waals surface area contributed by atoms with E-state index in [4.69, 9.17) is 4.42 Å². The third-order valence-corrected chi connectivity index (χ3v) is 5.58. The number of fused-ring (bicyclic) bond motifs is 1. The van der Waals surface area contributed by atoms with E-state index in [-0.39, 0.29) is 23.4 Å². The van der Waals surface area contributed by atoms with Gasteiger partial charge in [0.25, 0.3) is 11.6 Å². The average molecular weight is 380 g/mol. The first kappa shape index (κ1) is 17.4. The van der Waals surface area contributed by atoms with Crippen molar-refractivity contribution in [2.24, 2.45) is 0 Å². The fourth-order valence-corrected chi connectivity index (χ4v) is 4.21. The van der Waals surface area contributed by atoms with E-state index in [2.05, 4.69) is 11.4 Å². The molecule has 1 unspecified atom stereocenters. The molecule has 1 N–H and O–H groups in total. The Balaban J connectivity index is 1.50. The van der Waals surface area contributed by atoms with E-state index >= 15 is 0 Å². The van der Waals surface area contributed by atoms with Gasteiger partial charge in [-0.15, -0.1) is 11.8 Å². The Bertz CT molecular complexity index is 997. The van der Waals surface area contributed by atoms with Crippen molar-refractivity contribution < 1.29 is 14.1 Å². The molecule has 4 rings (SSSR count). The van der Waals surface area contributed by atoms with Gasteiger partial charge in [-0.2, -0.15) is 0 Å². The zero-order chi connectivity index (χ0) is 18.8. The van der Waals surface area contributed by atoms with Crippen LogP contribution in [-0.4, -0.2) is 16.6 Å². The summed E-state index contributed by atoms with van der Waals surface area (Å²) in [7, 11) is 0. The van der Waals surface area contributed by atoms with Gasteiger partial charge >= 0.3 is 0 Å². The van der Waals surface area contributed by atoms with Gasteiger partial charge in [0, 0.05) is 28.3 Å². The average Bonchev–Trinajstić information content (AvgIpc) is 3.19. The van der Waals surface area contributed by atoms with Crippen molar-refractivity contribution in [2.75, 3.05) is 5.75 Å². The van der Waals surface area contributed by atoms with Gasteiger partial charge in [0.05, 0.1) is 11.0 Å². The molecule has 3 aromatic rings. The Kier molecular flexibility index (Phi) is 4.68. The predicted octanol–water partition coefficient (Wildman–Crippen LogP) is 4.82. The fraction of sp³-hybridized carbons (Fsp3) is 0.150. The van der Waals surface area contributed by atoms with Crippen LogP contribution in [0.1, 0.15) is 28.6 Å². The van der Waals surface area contributed by atoms with Crippen LogP contribution in [0.5, 0.6) is 0 Å². The van der Waals surface area contributed by atoms with E-state index in [1.807, 2.05) is 18.2 Å². The van der Waals surface area contributed by atoms with E-state index in [0.717, 1.165) is 17.7 Å². The third-order valence-electron chi connectivity index (χ3n) is 4.46. The number of carbonyl (C=O) groups excluding carboxylic acids is 1. The summed E-state index contributed by atoms with van der Waals surface area (Å²) in [4.78, 5) is 24.1. The van der Waals surface area contributed by atoms with Crippen LogP contribution in [0.15, 0.2) is 70.0 Å². The maximum absolute atomic E-state index is 12.6. The first-order chi connectivity index (χ1) is 13.1. The van der Waals surface area contributed by atoms with Crippen LogP contribution in [-0.2, 0) is 0 Å². The van der Waals surface area contributed by atoms with Crippen molar-refractivity contribution in [3.05, 3.63) is 82.1 Å². The van der Waals surface area contributed by atoms with E-state index < -0.39 is 4.92 Å². The Morgan fingerprint density at radius 1 is 1.11 bits per heavy atom. The normalized spacial score (nSPS) is 15.8. The van der Waals surface area contributed by atoms with Gasteiger partial charge in [0.2, 0.25) is 0 Å². The summed E-state index contributed by atoms with van der Waals surface area (Å²) < 4.78 is 5.67. The number of nitrogens with zero attached hydrogens (tertiary/aromatic N) is 1. The maximum Gasteiger partial charge on any atom is 0.287 e. The SMILES string of the molecule is O=C(NC1CCSc2ccccc21)c1ccc(-c2ccc([N+](=O)[O-])cc2)o1. The highest BCUT2D eigenvalue weighted by atomic mass is 32.2. The van der Waals surface area contributed by atoms with Crippen molar-refractivity contribution in [1.29, 1.82) is 0 Å². The van der Waals surface area contributed by atoms with E-state index in [0.29, 0.717) is 11.3 Å². The Morgan fingerprint density at radius 3 is 2.67 bits per heavy atom. The largest absolute Gasteiger partial charge is 0.451 e. The summed E-state index contributed by atoms with van der Waals surface area (Å²) in [6, 6.07) is 17.4. The molecule has 0 saturated carbocycles. The lowest BCUT2D eigenvalue weighted by molar-refractivity contribution is -0.384. The number of hydrogen-bond donors (Lipinski definition) is 1. The van der Waals surface area contributed by atoms with Gasteiger partial charge in [-0.3, -0.25) is 14.9 Å². The Hall–Kier alpha value is -3.06. The Morgan fingerprint density at radius 2 is 1.89 bits per heavy atom. The monoisotopic (exact) mass is 380 g/mol. The van der Waals surface area contributed by atoms with Crippen LogP contribution in [0.4, 0.5) is 5.69 Å². The second kappa shape index (κ2) is 7.28. The van der Waals surface area contributed by atoms with Crippen LogP contribution >= 0.6 is 11.8 Å². The first-order valence-corrected chi connectivity index (χ1v) is 9.47.